The first kappa shape index (κ1) is 15.3. The van der Waals surface area contributed by atoms with Crippen molar-refractivity contribution < 1.29 is 14.7 Å². The fourth-order valence-corrected chi connectivity index (χ4v) is 3.58. The molecule has 0 aromatic carbocycles. The van der Waals surface area contributed by atoms with Gasteiger partial charge in [-0.25, -0.2) is 0 Å². The molecule has 2 rings (SSSR count). The summed E-state index contributed by atoms with van der Waals surface area (Å²) in [5.74, 6) is -0.846. The monoisotopic (exact) mass is 282 g/mol. The van der Waals surface area contributed by atoms with Crippen molar-refractivity contribution >= 4 is 11.9 Å². The van der Waals surface area contributed by atoms with Gasteiger partial charge in [0.2, 0.25) is 5.91 Å². The Balaban J connectivity index is 1.99. The molecule has 5 heteroatoms. The molecule has 0 spiro atoms. The molecule has 2 aliphatic rings. The lowest BCUT2D eigenvalue weighted by Crippen LogP contribution is -2.54. The Hall–Kier alpha value is -1.10. The second-order valence-corrected chi connectivity index (χ2v) is 6.65. The zero-order valence-electron chi connectivity index (χ0n) is 12.2. The van der Waals surface area contributed by atoms with Crippen LogP contribution < -0.4 is 11.1 Å². The van der Waals surface area contributed by atoms with Gasteiger partial charge in [-0.15, -0.1) is 0 Å². The number of nitrogens with two attached hydrogens (primary N) is 1. The van der Waals surface area contributed by atoms with Gasteiger partial charge in [-0.05, 0) is 39.0 Å². The van der Waals surface area contributed by atoms with E-state index < -0.39 is 11.4 Å². The van der Waals surface area contributed by atoms with Gasteiger partial charge >= 0.3 is 5.97 Å². The third-order valence-corrected chi connectivity index (χ3v) is 5.10. The number of hydrogen-bond donors (Lipinski definition) is 3. The number of carbonyl (C=O) groups excluding carboxylic acids is 1. The summed E-state index contributed by atoms with van der Waals surface area (Å²) in [5, 5.41) is 12.5. The molecular weight excluding hydrogens is 256 g/mol. The van der Waals surface area contributed by atoms with E-state index in [1.54, 1.807) is 6.92 Å². The molecular formula is C15H26N2O3. The molecule has 4 unspecified atom stereocenters. The topological polar surface area (TPSA) is 92.4 Å². The number of rotatable bonds is 3. The maximum Gasteiger partial charge on any atom is 0.311 e. The van der Waals surface area contributed by atoms with Crippen LogP contribution in [0.5, 0.6) is 0 Å². The number of hydrogen-bond acceptors (Lipinski definition) is 3. The molecule has 5 nitrogen and oxygen atoms in total. The highest BCUT2D eigenvalue weighted by molar-refractivity contribution is 5.81. The van der Waals surface area contributed by atoms with E-state index in [1.807, 2.05) is 0 Å². The fraction of sp³-hybridized carbons (Fsp3) is 0.867. The van der Waals surface area contributed by atoms with E-state index in [-0.39, 0.29) is 23.9 Å². The SMILES string of the molecule is CC1(C(=O)O)CCCCC1NC(=O)C1CCCC(N)C1. The summed E-state index contributed by atoms with van der Waals surface area (Å²) in [5.41, 5.74) is 5.09. The fourth-order valence-electron chi connectivity index (χ4n) is 3.58. The second-order valence-electron chi connectivity index (χ2n) is 6.65. The molecule has 20 heavy (non-hydrogen) atoms. The molecule has 1 amide bonds. The van der Waals surface area contributed by atoms with Gasteiger partial charge < -0.3 is 16.2 Å². The molecule has 0 aromatic rings. The van der Waals surface area contributed by atoms with E-state index in [0.717, 1.165) is 44.9 Å². The molecule has 2 fully saturated rings. The van der Waals surface area contributed by atoms with Gasteiger partial charge in [0.15, 0.2) is 0 Å². The minimum absolute atomic E-state index is 0.000440. The summed E-state index contributed by atoms with van der Waals surface area (Å²) < 4.78 is 0. The van der Waals surface area contributed by atoms with Crippen LogP contribution in [-0.2, 0) is 9.59 Å². The third-order valence-electron chi connectivity index (χ3n) is 5.10. The van der Waals surface area contributed by atoms with Crippen LogP contribution in [0.15, 0.2) is 0 Å². The van der Waals surface area contributed by atoms with Crippen LogP contribution in [0.4, 0.5) is 0 Å². The third kappa shape index (κ3) is 3.14. The van der Waals surface area contributed by atoms with Crippen molar-refractivity contribution in [1.82, 2.24) is 5.32 Å². The predicted molar refractivity (Wildman–Crippen MR) is 76.1 cm³/mol. The van der Waals surface area contributed by atoms with E-state index in [4.69, 9.17) is 5.73 Å². The van der Waals surface area contributed by atoms with E-state index in [0.29, 0.717) is 6.42 Å². The molecule has 114 valence electrons. The highest BCUT2D eigenvalue weighted by atomic mass is 16.4. The van der Waals surface area contributed by atoms with E-state index in [9.17, 15) is 14.7 Å². The molecule has 0 bridgehead atoms. The zero-order valence-corrected chi connectivity index (χ0v) is 12.2. The van der Waals surface area contributed by atoms with Gasteiger partial charge in [0.05, 0.1) is 5.41 Å². The Morgan fingerprint density at radius 3 is 2.60 bits per heavy atom. The average Bonchev–Trinajstić information content (AvgIpc) is 2.41. The second kappa shape index (κ2) is 6.12. The highest BCUT2D eigenvalue weighted by Gasteiger charge is 2.44. The number of carboxylic acid groups (broad SMARTS) is 1. The van der Waals surface area contributed by atoms with Crippen molar-refractivity contribution in [1.29, 1.82) is 0 Å². The van der Waals surface area contributed by atoms with Crippen LogP contribution in [0.1, 0.15) is 58.3 Å². The molecule has 0 heterocycles. The Morgan fingerprint density at radius 1 is 1.20 bits per heavy atom. The van der Waals surface area contributed by atoms with Crippen molar-refractivity contribution in [3.8, 4) is 0 Å². The molecule has 0 aromatic heterocycles. The largest absolute Gasteiger partial charge is 0.481 e. The Morgan fingerprint density at radius 2 is 1.95 bits per heavy atom. The normalized spacial score (nSPS) is 38.2. The molecule has 4 atom stereocenters. The van der Waals surface area contributed by atoms with Gasteiger partial charge in [0.1, 0.15) is 0 Å². The quantitative estimate of drug-likeness (QED) is 0.734. The van der Waals surface area contributed by atoms with Crippen molar-refractivity contribution in [2.75, 3.05) is 0 Å². The lowest BCUT2D eigenvalue weighted by molar-refractivity contribution is -0.152. The summed E-state index contributed by atoms with van der Waals surface area (Å²) in [6.45, 7) is 1.76. The van der Waals surface area contributed by atoms with Gasteiger partial charge in [-0.2, -0.15) is 0 Å². The number of carboxylic acids is 1. The summed E-state index contributed by atoms with van der Waals surface area (Å²) in [7, 11) is 0. The van der Waals surface area contributed by atoms with Crippen molar-refractivity contribution in [2.45, 2.75) is 70.4 Å². The van der Waals surface area contributed by atoms with E-state index in [1.165, 1.54) is 0 Å². The maximum absolute atomic E-state index is 12.4. The van der Waals surface area contributed by atoms with Gasteiger partial charge in [0, 0.05) is 18.0 Å². The maximum atomic E-state index is 12.4. The number of amides is 1. The lowest BCUT2D eigenvalue weighted by Gasteiger charge is -2.39. The first-order valence-corrected chi connectivity index (χ1v) is 7.73. The van der Waals surface area contributed by atoms with Gasteiger partial charge in [-0.3, -0.25) is 9.59 Å². The number of carbonyl (C=O) groups is 2. The van der Waals surface area contributed by atoms with Crippen LogP contribution in [0, 0.1) is 11.3 Å². The molecule has 2 saturated carbocycles. The average molecular weight is 282 g/mol. The lowest BCUT2D eigenvalue weighted by atomic mass is 9.71. The molecule has 0 aliphatic heterocycles. The molecule has 2 aliphatic carbocycles. The highest BCUT2D eigenvalue weighted by Crippen LogP contribution is 2.37. The zero-order chi connectivity index (χ0) is 14.8. The minimum Gasteiger partial charge on any atom is -0.481 e. The predicted octanol–water partition coefficient (Wildman–Crippen LogP) is 1.65. The standard InChI is InChI=1S/C15H26N2O3/c1-15(14(19)20)8-3-2-7-12(15)17-13(18)10-5-4-6-11(16)9-10/h10-12H,2-9,16H2,1H3,(H,17,18)(H,19,20). The number of nitrogens with one attached hydrogen (secondary N) is 1. The Labute approximate surface area is 120 Å². The van der Waals surface area contributed by atoms with Crippen molar-refractivity contribution in [2.24, 2.45) is 17.1 Å². The minimum atomic E-state index is -0.829. The summed E-state index contributed by atoms with van der Waals surface area (Å²) >= 11 is 0. The van der Waals surface area contributed by atoms with Crippen molar-refractivity contribution in [3.63, 3.8) is 0 Å². The van der Waals surface area contributed by atoms with Crippen LogP contribution in [0.25, 0.3) is 0 Å². The summed E-state index contributed by atoms with van der Waals surface area (Å²) in [6, 6.07) is -0.142. The summed E-state index contributed by atoms with van der Waals surface area (Å²) in [6.07, 6.45) is 6.87. The molecule has 0 radical (unpaired) electrons. The molecule has 0 saturated heterocycles. The smallest absolute Gasteiger partial charge is 0.311 e. The Kier molecular flexibility index (Phi) is 4.68. The number of aliphatic carboxylic acids is 1. The van der Waals surface area contributed by atoms with Crippen molar-refractivity contribution in [3.05, 3.63) is 0 Å². The van der Waals surface area contributed by atoms with Crippen LogP contribution in [0.3, 0.4) is 0 Å². The Bertz CT molecular complexity index is 385. The van der Waals surface area contributed by atoms with Crippen LogP contribution in [-0.4, -0.2) is 29.1 Å². The first-order valence-electron chi connectivity index (χ1n) is 7.73. The summed E-state index contributed by atoms with van der Waals surface area (Å²) in [4.78, 5) is 23.9. The van der Waals surface area contributed by atoms with Crippen LogP contribution >= 0.6 is 0 Å². The molecule has 4 N–H and O–H groups in total. The van der Waals surface area contributed by atoms with Gasteiger partial charge in [-0.1, -0.05) is 19.3 Å². The first-order chi connectivity index (χ1) is 9.43. The van der Waals surface area contributed by atoms with Crippen LogP contribution in [0.2, 0.25) is 0 Å². The van der Waals surface area contributed by atoms with Gasteiger partial charge in [0.25, 0.3) is 0 Å². The van der Waals surface area contributed by atoms with E-state index in [2.05, 4.69) is 5.32 Å². The van der Waals surface area contributed by atoms with E-state index >= 15 is 0 Å².